The highest BCUT2D eigenvalue weighted by Crippen LogP contribution is 2.65. The van der Waals surface area contributed by atoms with Crippen LogP contribution in [0.2, 0.25) is 0 Å². The Labute approximate surface area is 182 Å². The summed E-state index contributed by atoms with van der Waals surface area (Å²) in [7, 11) is 0. The third-order valence-corrected chi connectivity index (χ3v) is 7.24. The van der Waals surface area contributed by atoms with Gasteiger partial charge < -0.3 is 4.74 Å². The normalized spacial score (nSPS) is 31.3. The molecule has 32 heavy (non-hydrogen) atoms. The monoisotopic (exact) mass is 430 g/mol. The number of non-ortho nitro benzene ring substituents is 1. The number of imide groups is 1. The molecule has 160 valence electrons. The summed E-state index contributed by atoms with van der Waals surface area (Å²) >= 11 is 0. The molecule has 0 aromatic heterocycles. The van der Waals surface area contributed by atoms with E-state index >= 15 is 0 Å². The minimum atomic E-state index is -0.763. The Morgan fingerprint density at radius 2 is 1.62 bits per heavy atom. The summed E-state index contributed by atoms with van der Waals surface area (Å²) in [6.45, 7) is 0. The Bertz CT molecular complexity index is 1200. The number of rotatable bonds is 4. The lowest BCUT2D eigenvalue weighted by Gasteiger charge is -2.37. The van der Waals surface area contributed by atoms with Gasteiger partial charge in [-0.15, -0.1) is 0 Å². The molecular weight excluding hydrogens is 412 g/mol. The average molecular weight is 430 g/mol. The van der Waals surface area contributed by atoms with Crippen molar-refractivity contribution in [3.8, 4) is 5.75 Å². The number of amides is 2. The molecule has 8 nitrogen and oxygen atoms in total. The molecule has 3 fully saturated rings. The van der Waals surface area contributed by atoms with Crippen LogP contribution >= 0.6 is 0 Å². The van der Waals surface area contributed by atoms with Crippen molar-refractivity contribution in [2.24, 2.45) is 35.5 Å². The Hall–Kier alpha value is -3.81. The summed E-state index contributed by atoms with van der Waals surface area (Å²) in [5.41, 5.74) is 0.183. The number of anilines is 1. The predicted molar refractivity (Wildman–Crippen MR) is 112 cm³/mol. The molecule has 1 saturated heterocycles. The highest BCUT2D eigenvalue weighted by atomic mass is 16.6. The van der Waals surface area contributed by atoms with E-state index in [9.17, 15) is 24.5 Å². The first-order chi connectivity index (χ1) is 15.4. The smallest absolute Gasteiger partial charge is 0.343 e. The fourth-order valence-corrected chi connectivity index (χ4v) is 5.81. The summed E-state index contributed by atoms with van der Waals surface area (Å²) in [6, 6.07) is 11.5. The number of allylic oxidation sites excluding steroid dienone is 2. The number of benzene rings is 2. The molecule has 6 unspecified atom stereocenters. The summed E-state index contributed by atoms with van der Waals surface area (Å²) in [5, 5.41) is 10.9. The summed E-state index contributed by atoms with van der Waals surface area (Å²) in [4.78, 5) is 50.6. The molecule has 2 amide bonds. The summed E-state index contributed by atoms with van der Waals surface area (Å²) < 4.78 is 5.38. The topological polar surface area (TPSA) is 107 Å². The van der Waals surface area contributed by atoms with E-state index in [4.69, 9.17) is 4.74 Å². The molecular formula is C24H18N2O6. The first-order valence-electron chi connectivity index (χ1n) is 10.6. The van der Waals surface area contributed by atoms with Gasteiger partial charge >= 0.3 is 5.97 Å². The molecule has 2 bridgehead atoms. The zero-order valence-electron chi connectivity index (χ0n) is 16.8. The highest BCUT2D eigenvalue weighted by Gasteiger charge is 2.67. The number of carbonyl (C=O) groups excluding carboxylic acids is 3. The van der Waals surface area contributed by atoms with Gasteiger partial charge in [-0.2, -0.15) is 0 Å². The Morgan fingerprint density at radius 3 is 2.28 bits per heavy atom. The van der Waals surface area contributed by atoms with Crippen molar-refractivity contribution in [2.75, 3.05) is 4.90 Å². The van der Waals surface area contributed by atoms with Crippen molar-refractivity contribution < 1.29 is 24.0 Å². The van der Waals surface area contributed by atoms with Crippen LogP contribution in [-0.2, 0) is 9.59 Å². The van der Waals surface area contributed by atoms with Crippen molar-refractivity contribution in [1.29, 1.82) is 0 Å². The Kier molecular flexibility index (Phi) is 3.90. The predicted octanol–water partition coefficient (Wildman–Crippen LogP) is 3.37. The molecule has 2 aromatic carbocycles. The minimum absolute atomic E-state index is 0.0332. The van der Waals surface area contributed by atoms with E-state index in [1.165, 1.54) is 35.2 Å². The second-order valence-corrected chi connectivity index (χ2v) is 8.86. The second kappa shape index (κ2) is 6.59. The van der Waals surface area contributed by atoms with E-state index in [0.717, 1.165) is 12.5 Å². The SMILES string of the molecule is O=C(Oc1cccc(N2C(=O)C3C4C=CC(C5CC45)C3C2=O)c1)c1cccc([N+](=O)[O-])c1. The Morgan fingerprint density at radius 1 is 0.969 bits per heavy atom. The van der Waals surface area contributed by atoms with Crippen LogP contribution < -0.4 is 9.64 Å². The fourth-order valence-electron chi connectivity index (χ4n) is 5.81. The van der Waals surface area contributed by atoms with Gasteiger partial charge in [0.2, 0.25) is 11.8 Å². The Balaban J connectivity index is 1.26. The van der Waals surface area contributed by atoms with Crippen LogP contribution in [0, 0.1) is 45.6 Å². The number of ether oxygens (including phenoxy) is 1. The van der Waals surface area contributed by atoms with Gasteiger partial charge in [0.15, 0.2) is 0 Å². The fraction of sp³-hybridized carbons (Fsp3) is 0.292. The van der Waals surface area contributed by atoms with E-state index in [0.29, 0.717) is 17.5 Å². The molecule has 2 aromatic rings. The van der Waals surface area contributed by atoms with Gasteiger partial charge in [-0.25, -0.2) is 9.69 Å². The molecule has 0 spiro atoms. The van der Waals surface area contributed by atoms with Crippen LogP contribution in [-0.4, -0.2) is 22.7 Å². The van der Waals surface area contributed by atoms with Gasteiger partial charge in [0.25, 0.3) is 5.69 Å². The van der Waals surface area contributed by atoms with Crippen LogP contribution in [0.25, 0.3) is 0 Å². The molecule has 0 radical (unpaired) electrons. The lowest BCUT2D eigenvalue weighted by Crippen LogP contribution is -2.40. The van der Waals surface area contributed by atoms with Gasteiger partial charge in [-0.3, -0.25) is 19.7 Å². The summed E-state index contributed by atoms with van der Waals surface area (Å²) in [5.74, 6) is -0.305. The van der Waals surface area contributed by atoms with Crippen LogP contribution in [0.15, 0.2) is 60.7 Å². The maximum absolute atomic E-state index is 13.3. The quantitative estimate of drug-likeness (QED) is 0.184. The first-order valence-corrected chi connectivity index (χ1v) is 10.6. The largest absolute Gasteiger partial charge is 0.423 e. The molecule has 0 N–H and O–H groups in total. The van der Waals surface area contributed by atoms with E-state index < -0.39 is 10.9 Å². The van der Waals surface area contributed by atoms with Gasteiger partial charge in [-0.05, 0) is 48.3 Å². The van der Waals surface area contributed by atoms with E-state index in [1.54, 1.807) is 12.1 Å². The van der Waals surface area contributed by atoms with Gasteiger partial charge in [0, 0.05) is 18.2 Å². The van der Waals surface area contributed by atoms with Crippen molar-refractivity contribution in [2.45, 2.75) is 6.42 Å². The van der Waals surface area contributed by atoms with E-state index in [1.807, 2.05) is 0 Å². The molecule has 7 rings (SSSR count). The molecule has 1 heterocycles. The number of hydrogen-bond acceptors (Lipinski definition) is 6. The van der Waals surface area contributed by atoms with Crippen LogP contribution in [0.4, 0.5) is 11.4 Å². The molecule has 6 atom stereocenters. The van der Waals surface area contributed by atoms with Crippen LogP contribution in [0.5, 0.6) is 5.75 Å². The second-order valence-electron chi connectivity index (χ2n) is 8.86. The number of hydrogen-bond donors (Lipinski definition) is 0. The molecule has 5 aliphatic rings. The number of nitrogens with zero attached hydrogens (tertiary/aromatic N) is 2. The first kappa shape index (κ1) is 18.9. The zero-order chi connectivity index (χ0) is 22.1. The van der Waals surface area contributed by atoms with Gasteiger partial charge in [0.05, 0.1) is 28.0 Å². The number of nitro benzene ring substituents is 1. The third kappa shape index (κ3) is 2.65. The third-order valence-electron chi connectivity index (χ3n) is 7.24. The standard InChI is InChI=1S/C24H18N2O6/c27-22-20-16-7-8-17(19-11-18(16)19)21(20)23(28)25(22)13-4-2-6-15(10-13)32-24(29)12-3-1-5-14(9-12)26(30)31/h1-10,16-21H,11H2. The number of nitro groups is 1. The van der Waals surface area contributed by atoms with Crippen molar-refractivity contribution >= 4 is 29.2 Å². The van der Waals surface area contributed by atoms with Crippen molar-refractivity contribution in [1.82, 2.24) is 0 Å². The lowest BCUT2D eigenvalue weighted by molar-refractivity contribution is -0.384. The van der Waals surface area contributed by atoms with Crippen LogP contribution in [0.3, 0.4) is 0 Å². The number of esters is 1. The minimum Gasteiger partial charge on any atom is -0.423 e. The lowest BCUT2D eigenvalue weighted by atomic mass is 9.63. The maximum Gasteiger partial charge on any atom is 0.343 e. The van der Waals surface area contributed by atoms with Crippen LogP contribution in [0.1, 0.15) is 16.8 Å². The van der Waals surface area contributed by atoms with E-state index in [2.05, 4.69) is 12.2 Å². The average Bonchev–Trinajstić information content (AvgIpc) is 3.57. The molecule has 1 aliphatic heterocycles. The van der Waals surface area contributed by atoms with E-state index in [-0.39, 0.29) is 52.5 Å². The van der Waals surface area contributed by atoms with Crippen molar-refractivity contribution in [3.63, 3.8) is 0 Å². The molecule has 4 aliphatic carbocycles. The zero-order valence-corrected chi connectivity index (χ0v) is 16.8. The highest BCUT2D eigenvalue weighted by molar-refractivity contribution is 6.22. The maximum atomic E-state index is 13.3. The van der Waals surface area contributed by atoms with Gasteiger partial charge in [-0.1, -0.05) is 24.3 Å². The molecule has 2 saturated carbocycles. The summed E-state index contributed by atoms with van der Waals surface area (Å²) in [6.07, 6.45) is 5.33. The van der Waals surface area contributed by atoms with Gasteiger partial charge in [0.1, 0.15) is 5.75 Å². The van der Waals surface area contributed by atoms with Crippen molar-refractivity contribution in [3.05, 3.63) is 76.4 Å². The molecule has 8 heteroatoms. The number of carbonyl (C=O) groups is 3.